The highest BCUT2D eigenvalue weighted by Gasteiger charge is 2.28. The first kappa shape index (κ1) is 22.8. The molecule has 10 heteroatoms. The smallest absolute Gasteiger partial charge is 0.268 e. The zero-order chi connectivity index (χ0) is 23.0. The Morgan fingerprint density at radius 1 is 1.25 bits per heavy atom. The van der Waals surface area contributed by atoms with Crippen molar-refractivity contribution in [2.75, 3.05) is 23.7 Å². The minimum atomic E-state index is -3.53. The van der Waals surface area contributed by atoms with Gasteiger partial charge in [0.1, 0.15) is 5.69 Å². The predicted molar refractivity (Wildman–Crippen MR) is 130 cm³/mol. The molecule has 0 saturated heterocycles. The topological polar surface area (TPSA) is 124 Å². The number of hydrogen-bond acceptors (Lipinski definition) is 5. The van der Waals surface area contributed by atoms with E-state index in [0.717, 1.165) is 29.3 Å². The van der Waals surface area contributed by atoms with Gasteiger partial charge in [0, 0.05) is 16.4 Å². The first-order valence-corrected chi connectivity index (χ1v) is 13.1. The van der Waals surface area contributed by atoms with Crippen LogP contribution >= 0.6 is 15.9 Å². The number of nitrogens with two attached hydrogens (primary N) is 2. The minimum Gasteiger partial charge on any atom is -0.364 e. The summed E-state index contributed by atoms with van der Waals surface area (Å²) in [5.74, 6) is -0.0793. The molecule has 3 aromatic rings. The van der Waals surface area contributed by atoms with Crippen LogP contribution in [0.15, 0.2) is 40.9 Å². The second kappa shape index (κ2) is 8.84. The lowest BCUT2D eigenvalue weighted by Crippen LogP contribution is -2.32. The quantitative estimate of drug-likeness (QED) is 0.449. The van der Waals surface area contributed by atoms with Crippen molar-refractivity contribution < 1.29 is 13.2 Å². The van der Waals surface area contributed by atoms with Crippen LogP contribution in [-0.2, 0) is 16.4 Å². The highest BCUT2D eigenvalue weighted by atomic mass is 79.9. The Balaban J connectivity index is 1.94. The van der Waals surface area contributed by atoms with Gasteiger partial charge < -0.3 is 11.5 Å². The van der Waals surface area contributed by atoms with Crippen LogP contribution in [0, 0.1) is 5.92 Å². The second-order valence-electron chi connectivity index (χ2n) is 8.22. The van der Waals surface area contributed by atoms with Gasteiger partial charge in [-0.15, -0.1) is 0 Å². The van der Waals surface area contributed by atoms with Crippen molar-refractivity contribution in [1.29, 1.82) is 0 Å². The first-order chi connectivity index (χ1) is 15.2. The first-order valence-electron chi connectivity index (χ1n) is 10.5. The van der Waals surface area contributed by atoms with Crippen LogP contribution in [0.3, 0.4) is 0 Å². The molecular formula is C22H26BrN5O3S. The van der Waals surface area contributed by atoms with Crippen LogP contribution < -0.4 is 15.8 Å². The SMILES string of the molecule is CS(=O)(=O)N(CCCN)c1cc2nn(-c3ccc(Br)cc3)c(C(N)=O)c2cc1CC1CC1. The summed E-state index contributed by atoms with van der Waals surface area (Å²) in [6.45, 7) is 0.671. The average molecular weight is 520 g/mol. The molecule has 1 aliphatic carbocycles. The van der Waals surface area contributed by atoms with Crippen LogP contribution in [0.4, 0.5) is 5.69 Å². The third kappa shape index (κ3) is 4.67. The molecule has 8 nitrogen and oxygen atoms in total. The zero-order valence-corrected chi connectivity index (χ0v) is 20.2. The van der Waals surface area contributed by atoms with Gasteiger partial charge in [-0.1, -0.05) is 15.9 Å². The molecule has 0 radical (unpaired) electrons. The van der Waals surface area contributed by atoms with E-state index < -0.39 is 15.9 Å². The Labute approximate surface area is 195 Å². The Bertz CT molecular complexity index is 1270. The van der Waals surface area contributed by atoms with Gasteiger partial charge in [-0.2, -0.15) is 5.10 Å². The average Bonchev–Trinajstić information content (AvgIpc) is 3.45. The number of rotatable bonds is 9. The lowest BCUT2D eigenvalue weighted by Gasteiger charge is -2.25. The molecule has 1 aliphatic rings. The molecule has 32 heavy (non-hydrogen) atoms. The molecule has 0 unspecified atom stereocenters. The fourth-order valence-electron chi connectivity index (χ4n) is 3.90. The maximum atomic E-state index is 12.6. The molecule has 0 atom stereocenters. The van der Waals surface area contributed by atoms with Gasteiger partial charge >= 0.3 is 0 Å². The number of nitrogens with zero attached hydrogens (tertiary/aromatic N) is 3. The number of sulfonamides is 1. The van der Waals surface area contributed by atoms with E-state index in [0.29, 0.717) is 41.2 Å². The maximum absolute atomic E-state index is 12.6. The highest BCUT2D eigenvalue weighted by molar-refractivity contribution is 9.10. The summed E-state index contributed by atoms with van der Waals surface area (Å²) >= 11 is 3.41. The van der Waals surface area contributed by atoms with Gasteiger partial charge in [0.15, 0.2) is 0 Å². The van der Waals surface area contributed by atoms with Gasteiger partial charge in [-0.25, -0.2) is 13.1 Å². The standard InChI is InChI=1S/C22H26BrN5O3S/c1-32(30,31)27(10-2-9-24)20-13-19-18(12-15(20)11-14-3-4-14)21(22(25)29)28(26-19)17-7-5-16(23)6-8-17/h5-8,12-14H,2-4,9-11,24H2,1H3,(H2,25,29). The molecule has 1 heterocycles. The van der Waals surface area contributed by atoms with Crippen molar-refractivity contribution in [1.82, 2.24) is 9.78 Å². The summed E-state index contributed by atoms with van der Waals surface area (Å²) in [5.41, 5.74) is 14.4. The van der Waals surface area contributed by atoms with Gasteiger partial charge in [-0.05, 0) is 80.1 Å². The van der Waals surface area contributed by atoms with Crippen molar-refractivity contribution in [3.63, 3.8) is 0 Å². The van der Waals surface area contributed by atoms with E-state index in [1.165, 1.54) is 15.2 Å². The van der Waals surface area contributed by atoms with Gasteiger partial charge in [0.25, 0.3) is 5.91 Å². The Morgan fingerprint density at radius 2 is 1.94 bits per heavy atom. The molecule has 2 aromatic carbocycles. The Hall–Kier alpha value is -2.43. The Morgan fingerprint density at radius 3 is 2.50 bits per heavy atom. The molecule has 0 spiro atoms. The molecule has 0 aliphatic heterocycles. The fourth-order valence-corrected chi connectivity index (χ4v) is 5.15. The van der Waals surface area contributed by atoms with Crippen LogP contribution in [-0.4, -0.2) is 43.5 Å². The van der Waals surface area contributed by atoms with Crippen LogP contribution in [0.25, 0.3) is 16.6 Å². The molecule has 1 amide bonds. The minimum absolute atomic E-state index is 0.277. The van der Waals surface area contributed by atoms with E-state index in [4.69, 9.17) is 11.5 Å². The summed E-state index contributed by atoms with van der Waals surface area (Å²) in [4.78, 5) is 12.4. The number of carbonyl (C=O) groups is 1. The van der Waals surface area contributed by atoms with E-state index in [9.17, 15) is 13.2 Å². The van der Waals surface area contributed by atoms with Crippen molar-refractivity contribution in [3.8, 4) is 5.69 Å². The molecule has 1 aromatic heterocycles. The van der Waals surface area contributed by atoms with Gasteiger partial charge in [0.2, 0.25) is 10.0 Å². The highest BCUT2D eigenvalue weighted by Crippen LogP contribution is 2.38. The van der Waals surface area contributed by atoms with E-state index in [1.807, 2.05) is 30.3 Å². The normalized spacial score (nSPS) is 14.1. The molecule has 170 valence electrons. The third-order valence-corrected chi connectivity index (χ3v) is 7.32. The number of amides is 1. The molecule has 4 N–H and O–H groups in total. The van der Waals surface area contributed by atoms with E-state index >= 15 is 0 Å². The van der Waals surface area contributed by atoms with Crippen molar-refractivity contribution in [2.24, 2.45) is 17.4 Å². The van der Waals surface area contributed by atoms with E-state index in [-0.39, 0.29) is 12.2 Å². The summed E-state index contributed by atoms with van der Waals surface area (Å²) in [6, 6.07) is 11.0. The number of benzene rings is 2. The lowest BCUT2D eigenvalue weighted by molar-refractivity contribution is 0.0994. The third-order valence-electron chi connectivity index (χ3n) is 5.62. The monoisotopic (exact) mass is 519 g/mol. The number of anilines is 1. The number of halogens is 1. The maximum Gasteiger partial charge on any atom is 0.268 e. The number of aromatic nitrogens is 2. The second-order valence-corrected chi connectivity index (χ2v) is 11.0. The summed E-state index contributed by atoms with van der Waals surface area (Å²) in [7, 11) is -3.53. The molecular weight excluding hydrogens is 494 g/mol. The molecule has 1 saturated carbocycles. The molecule has 1 fully saturated rings. The van der Waals surface area contributed by atoms with Crippen molar-refractivity contribution in [3.05, 3.63) is 52.1 Å². The predicted octanol–water partition coefficient (Wildman–Crippen LogP) is 2.95. The van der Waals surface area contributed by atoms with Crippen molar-refractivity contribution >= 4 is 48.5 Å². The van der Waals surface area contributed by atoms with Crippen LogP contribution in [0.5, 0.6) is 0 Å². The molecule has 4 rings (SSSR count). The number of primary amides is 1. The van der Waals surface area contributed by atoms with E-state index in [2.05, 4.69) is 21.0 Å². The zero-order valence-electron chi connectivity index (χ0n) is 17.8. The summed E-state index contributed by atoms with van der Waals surface area (Å²) in [6.07, 6.45) is 4.69. The summed E-state index contributed by atoms with van der Waals surface area (Å²) < 4.78 is 29.1. The fraction of sp³-hybridized carbons (Fsp3) is 0.364. The van der Waals surface area contributed by atoms with E-state index in [1.54, 1.807) is 6.07 Å². The lowest BCUT2D eigenvalue weighted by atomic mass is 10.0. The number of hydrogen-bond donors (Lipinski definition) is 2. The summed E-state index contributed by atoms with van der Waals surface area (Å²) in [5, 5.41) is 5.25. The Kier molecular flexibility index (Phi) is 6.28. The van der Waals surface area contributed by atoms with Crippen LogP contribution in [0.1, 0.15) is 35.3 Å². The van der Waals surface area contributed by atoms with Gasteiger partial charge in [0.05, 0.1) is 23.1 Å². The van der Waals surface area contributed by atoms with Crippen molar-refractivity contribution in [2.45, 2.75) is 25.7 Å². The number of carbonyl (C=O) groups excluding carboxylic acids is 1. The number of fused-ring (bicyclic) bond motifs is 1. The van der Waals surface area contributed by atoms with Gasteiger partial charge in [-0.3, -0.25) is 9.10 Å². The largest absolute Gasteiger partial charge is 0.364 e. The molecule has 0 bridgehead atoms. The van der Waals surface area contributed by atoms with Crippen LogP contribution in [0.2, 0.25) is 0 Å².